The molecule has 7 nitrogen and oxygen atoms in total. The number of fused-ring (bicyclic) bond motifs is 1. The number of pyridine rings is 1. The van der Waals surface area contributed by atoms with Gasteiger partial charge in [0.25, 0.3) is 5.92 Å². The lowest BCUT2D eigenvalue weighted by Gasteiger charge is -2.08. The second kappa shape index (κ2) is 8.83. The van der Waals surface area contributed by atoms with Crippen molar-refractivity contribution in [3.8, 4) is 23.0 Å². The maximum absolute atomic E-state index is 13.5. The van der Waals surface area contributed by atoms with Crippen LogP contribution in [0.2, 0.25) is 0 Å². The van der Waals surface area contributed by atoms with E-state index in [-0.39, 0.29) is 11.5 Å². The third kappa shape index (κ3) is 4.70. The molecule has 2 aromatic carbocycles. The van der Waals surface area contributed by atoms with Crippen LogP contribution in [0.15, 0.2) is 67.0 Å². The van der Waals surface area contributed by atoms with Crippen molar-refractivity contribution < 1.29 is 13.5 Å². The molecule has 3 aromatic heterocycles. The van der Waals surface area contributed by atoms with Gasteiger partial charge in [-0.2, -0.15) is 8.78 Å². The summed E-state index contributed by atoms with van der Waals surface area (Å²) in [6.07, 6.45) is 3.65. The third-order valence-corrected chi connectivity index (χ3v) is 5.73. The Kier molecular flexibility index (Phi) is 5.68. The summed E-state index contributed by atoms with van der Waals surface area (Å²) >= 11 is 0. The molecule has 0 spiro atoms. The number of aromatic nitrogens is 5. The van der Waals surface area contributed by atoms with Gasteiger partial charge in [0.1, 0.15) is 22.9 Å². The Labute approximate surface area is 200 Å². The summed E-state index contributed by atoms with van der Waals surface area (Å²) < 4.78 is 35.1. The number of nitrogens with zero attached hydrogens (tertiary/aromatic N) is 4. The van der Waals surface area contributed by atoms with Crippen molar-refractivity contribution in [1.82, 2.24) is 24.5 Å². The monoisotopic (exact) mass is 474 g/mol. The number of benzene rings is 2. The Bertz CT molecular complexity index is 1480. The first kappa shape index (κ1) is 22.5. The molecule has 0 aliphatic carbocycles. The molecule has 0 radical (unpaired) electrons. The summed E-state index contributed by atoms with van der Waals surface area (Å²) in [5, 5.41) is 3.36. The molecule has 5 aromatic rings. The second-order valence-electron chi connectivity index (χ2n) is 8.33. The molecule has 0 fully saturated rings. The van der Waals surface area contributed by atoms with Gasteiger partial charge in [0.05, 0.1) is 17.2 Å². The van der Waals surface area contributed by atoms with Gasteiger partial charge in [0.15, 0.2) is 5.82 Å². The average Bonchev–Trinajstić information content (AvgIpc) is 3.46. The van der Waals surface area contributed by atoms with Gasteiger partial charge in [-0.25, -0.2) is 9.97 Å². The number of imidazole rings is 2. The molecule has 5 rings (SSSR count). The van der Waals surface area contributed by atoms with Crippen LogP contribution < -0.4 is 10.1 Å². The lowest BCUT2D eigenvalue weighted by atomic mass is 10.1. The zero-order chi connectivity index (χ0) is 24.6. The maximum Gasteiger partial charge on any atom is 0.286 e. The smallest absolute Gasteiger partial charge is 0.286 e. The highest BCUT2D eigenvalue weighted by Gasteiger charge is 2.27. The first-order chi connectivity index (χ1) is 16.8. The van der Waals surface area contributed by atoms with E-state index in [0.29, 0.717) is 23.1 Å². The Balaban J connectivity index is 1.37. The molecule has 2 N–H and O–H groups in total. The maximum atomic E-state index is 13.5. The van der Waals surface area contributed by atoms with Crippen LogP contribution in [-0.2, 0) is 19.4 Å². The lowest BCUT2D eigenvalue weighted by molar-refractivity contribution is 0.0132. The number of hydrogen-bond donors (Lipinski definition) is 2. The minimum absolute atomic E-state index is 0.245. The van der Waals surface area contributed by atoms with E-state index in [9.17, 15) is 8.78 Å². The minimum Gasteiger partial charge on any atom is -0.457 e. The van der Waals surface area contributed by atoms with Crippen LogP contribution in [0.4, 0.5) is 20.4 Å². The number of nitrogens with one attached hydrogen (secondary N) is 2. The zero-order valence-electron chi connectivity index (χ0n) is 19.5. The van der Waals surface area contributed by atoms with E-state index < -0.39 is 5.92 Å². The molecule has 0 saturated heterocycles. The van der Waals surface area contributed by atoms with E-state index in [1.807, 2.05) is 41.9 Å². The summed E-state index contributed by atoms with van der Waals surface area (Å²) in [6, 6.07) is 17.2. The molecule has 0 aliphatic rings. The molecular formula is C26H24F2N6O. The number of H-pyrrole nitrogens is 1. The normalized spacial score (nSPS) is 11.7. The molecule has 9 heteroatoms. The Morgan fingerprint density at radius 2 is 1.80 bits per heavy atom. The van der Waals surface area contributed by atoms with Crippen LogP contribution in [0.3, 0.4) is 0 Å². The van der Waals surface area contributed by atoms with Crippen LogP contribution in [0.1, 0.15) is 25.1 Å². The molecule has 0 bridgehead atoms. The number of aromatic amines is 1. The Morgan fingerprint density at radius 1 is 1.03 bits per heavy atom. The summed E-state index contributed by atoms with van der Waals surface area (Å²) in [4.78, 5) is 15.6. The predicted octanol–water partition coefficient (Wildman–Crippen LogP) is 6.57. The van der Waals surface area contributed by atoms with E-state index >= 15 is 0 Å². The third-order valence-electron chi connectivity index (χ3n) is 5.73. The number of rotatable bonds is 7. The molecule has 0 atom stereocenters. The highest BCUT2D eigenvalue weighted by molar-refractivity contribution is 5.81. The van der Waals surface area contributed by atoms with Gasteiger partial charge in [-0.3, -0.25) is 4.98 Å². The van der Waals surface area contributed by atoms with Crippen molar-refractivity contribution in [3.05, 3.63) is 78.2 Å². The average molecular weight is 475 g/mol. The SMILES string of the molecule is CCc1ccc(Nc2nc3cc(Oc4ccnc(-c5ncc(C(C)(F)F)[nH]5)c4)ccc3n2C)cc1. The van der Waals surface area contributed by atoms with E-state index in [4.69, 9.17) is 9.72 Å². The van der Waals surface area contributed by atoms with Gasteiger partial charge in [0.2, 0.25) is 5.95 Å². The summed E-state index contributed by atoms with van der Waals surface area (Å²) in [6.45, 7) is 2.94. The summed E-state index contributed by atoms with van der Waals surface area (Å²) in [5.41, 5.74) is 4.09. The van der Waals surface area contributed by atoms with Gasteiger partial charge >= 0.3 is 0 Å². The van der Waals surface area contributed by atoms with Crippen LogP contribution in [-0.4, -0.2) is 24.5 Å². The molecule has 178 valence electrons. The largest absolute Gasteiger partial charge is 0.457 e. The van der Waals surface area contributed by atoms with Crippen LogP contribution in [0.5, 0.6) is 11.5 Å². The van der Waals surface area contributed by atoms with Crippen LogP contribution in [0, 0.1) is 0 Å². The molecule has 0 unspecified atom stereocenters. The van der Waals surface area contributed by atoms with E-state index in [0.717, 1.165) is 36.3 Å². The first-order valence-corrected chi connectivity index (χ1v) is 11.2. The summed E-state index contributed by atoms with van der Waals surface area (Å²) in [5.74, 6) is -0.958. The molecule has 35 heavy (non-hydrogen) atoms. The lowest BCUT2D eigenvalue weighted by Crippen LogP contribution is -2.07. The quantitative estimate of drug-likeness (QED) is 0.279. The highest BCUT2D eigenvalue weighted by Crippen LogP contribution is 2.30. The first-order valence-electron chi connectivity index (χ1n) is 11.2. The van der Waals surface area contributed by atoms with E-state index in [2.05, 4.69) is 39.3 Å². The van der Waals surface area contributed by atoms with Crippen molar-refractivity contribution >= 4 is 22.7 Å². The van der Waals surface area contributed by atoms with Crippen LogP contribution >= 0.6 is 0 Å². The molecule has 3 heterocycles. The topological polar surface area (TPSA) is 80.7 Å². The Morgan fingerprint density at radius 3 is 2.51 bits per heavy atom. The Hall–Kier alpha value is -4.27. The number of alkyl halides is 2. The van der Waals surface area contributed by atoms with Crippen molar-refractivity contribution in [3.63, 3.8) is 0 Å². The fourth-order valence-electron chi connectivity index (χ4n) is 3.72. The van der Waals surface area contributed by atoms with Gasteiger partial charge < -0.3 is 19.6 Å². The zero-order valence-corrected chi connectivity index (χ0v) is 19.5. The van der Waals surface area contributed by atoms with Gasteiger partial charge in [-0.15, -0.1) is 0 Å². The number of aryl methyl sites for hydroxylation is 2. The molecule has 0 aliphatic heterocycles. The van der Waals surface area contributed by atoms with Crippen molar-refractivity contribution in [2.24, 2.45) is 7.05 Å². The molecular weight excluding hydrogens is 450 g/mol. The number of halogens is 2. The van der Waals surface area contributed by atoms with E-state index in [1.165, 1.54) is 5.56 Å². The number of ether oxygens (including phenoxy) is 1. The summed E-state index contributed by atoms with van der Waals surface area (Å²) in [7, 11) is 1.95. The van der Waals surface area contributed by atoms with Gasteiger partial charge in [-0.05, 0) is 42.3 Å². The van der Waals surface area contributed by atoms with Crippen LogP contribution in [0.25, 0.3) is 22.6 Å². The fourth-order valence-corrected chi connectivity index (χ4v) is 3.72. The molecule has 0 saturated carbocycles. The second-order valence-corrected chi connectivity index (χ2v) is 8.33. The highest BCUT2D eigenvalue weighted by atomic mass is 19.3. The number of anilines is 2. The van der Waals surface area contributed by atoms with Gasteiger partial charge in [0, 0.05) is 38.0 Å². The fraction of sp³-hybridized carbons (Fsp3) is 0.192. The van der Waals surface area contributed by atoms with Gasteiger partial charge in [-0.1, -0.05) is 19.1 Å². The van der Waals surface area contributed by atoms with Crippen molar-refractivity contribution in [2.45, 2.75) is 26.2 Å². The standard InChI is InChI=1S/C26H24F2N6O/c1-4-16-5-7-17(8-6-16)31-25-32-20-13-18(9-10-22(20)34(25)3)35-19-11-12-29-21(14-19)24-30-15-23(33-24)26(2,27)28/h5-15H,4H2,1-3H3,(H,30,33)(H,31,32). The predicted molar refractivity (Wildman–Crippen MR) is 131 cm³/mol. The van der Waals surface area contributed by atoms with E-state index in [1.54, 1.807) is 18.3 Å². The number of hydrogen-bond acceptors (Lipinski definition) is 5. The van der Waals surface area contributed by atoms with Crippen molar-refractivity contribution in [2.75, 3.05) is 5.32 Å². The molecule has 0 amide bonds. The minimum atomic E-state index is -3.01. The van der Waals surface area contributed by atoms with Crippen molar-refractivity contribution in [1.29, 1.82) is 0 Å².